The summed E-state index contributed by atoms with van der Waals surface area (Å²) in [6, 6.07) is 20.9. The number of halogens is 1. The number of fused-ring (bicyclic) bond motifs is 1. The molecule has 1 heterocycles. The summed E-state index contributed by atoms with van der Waals surface area (Å²) in [4.78, 5) is 20.7. The largest absolute Gasteiger partial charge is 0.394 e. The number of anilines is 1. The Kier molecular flexibility index (Phi) is 7.06. The van der Waals surface area contributed by atoms with E-state index in [-0.39, 0.29) is 28.2 Å². The Balaban J connectivity index is 1.53. The molecule has 3 aromatic carbocycles. The molecule has 0 aliphatic carbocycles. The molecule has 4 aromatic rings. The lowest BCUT2D eigenvalue weighted by Crippen LogP contribution is -2.39. The summed E-state index contributed by atoms with van der Waals surface area (Å²) in [7, 11) is -4.02. The van der Waals surface area contributed by atoms with Crippen molar-refractivity contribution in [3.8, 4) is 0 Å². The number of hydrogen-bond acceptors (Lipinski definition) is 6. The van der Waals surface area contributed by atoms with Gasteiger partial charge in [-0.2, -0.15) is 0 Å². The highest BCUT2D eigenvalue weighted by Gasteiger charge is 2.21. The minimum Gasteiger partial charge on any atom is -0.394 e. The van der Waals surface area contributed by atoms with Crippen LogP contribution in [-0.4, -0.2) is 42.0 Å². The molecule has 0 spiro atoms. The van der Waals surface area contributed by atoms with Crippen molar-refractivity contribution in [1.82, 2.24) is 15.3 Å². The van der Waals surface area contributed by atoms with Gasteiger partial charge < -0.3 is 10.4 Å². The van der Waals surface area contributed by atoms with Gasteiger partial charge in [0, 0.05) is 0 Å². The van der Waals surface area contributed by atoms with E-state index in [2.05, 4.69) is 20.0 Å². The Morgan fingerprint density at radius 2 is 1.71 bits per heavy atom. The van der Waals surface area contributed by atoms with Crippen molar-refractivity contribution in [2.45, 2.75) is 17.4 Å². The zero-order valence-electron chi connectivity index (χ0n) is 17.8. The predicted octanol–water partition coefficient (Wildman–Crippen LogP) is 3.42. The van der Waals surface area contributed by atoms with Gasteiger partial charge in [0.05, 0.1) is 28.8 Å². The second-order valence-electron chi connectivity index (χ2n) is 7.55. The van der Waals surface area contributed by atoms with Gasteiger partial charge in [-0.25, -0.2) is 23.1 Å². The molecule has 8 nitrogen and oxygen atoms in total. The maximum Gasteiger partial charge on any atom is 0.271 e. The van der Waals surface area contributed by atoms with Crippen LogP contribution in [0.2, 0.25) is 5.02 Å². The molecular weight excluding hydrogens is 476 g/mol. The first-order chi connectivity index (χ1) is 16.4. The number of sulfonamides is 1. The highest BCUT2D eigenvalue weighted by molar-refractivity contribution is 7.92. The highest BCUT2D eigenvalue weighted by atomic mass is 35.5. The fourth-order valence-corrected chi connectivity index (χ4v) is 4.57. The molecule has 1 unspecified atom stereocenters. The molecule has 0 saturated heterocycles. The van der Waals surface area contributed by atoms with Crippen LogP contribution < -0.4 is 10.0 Å². The molecule has 10 heteroatoms. The molecular formula is C24H21ClN4O4S. The van der Waals surface area contributed by atoms with Gasteiger partial charge in [0.2, 0.25) is 5.95 Å². The third-order valence-corrected chi connectivity index (χ3v) is 6.70. The standard InChI is InChI=1S/C24H21ClN4O4S/c25-21-14-26-24(29-34(32,33)20-11-10-17-8-4-5-9-18(17)13-20)28-22(21)23(31)27-19(15-30)12-16-6-2-1-3-7-16/h1-11,13-14,19,30H,12,15H2,(H,27,31)(H,26,28,29). The SMILES string of the molecule is O=C(NC(CO)Cc1ccccc1)c1nc(NS(=O)(=O)c2ccc3ccccc3c2)ncc1Cl. The molecule has 1 amide bonds. The molecule has 0 aliphatic heterocycles. The van der Waals surface area contributed by atoms with E-state index in [9.17, 15) is 18.3 Å². The quantitative estimate of drug-likeness (QED) is 0.343. The van der Waals surface area contributed by atoms with E-state index in [0.717, 1.165) is 22.5 Å². The number of hydrogen-bond donors (Lipinski definition) is 3. The molecule has 0 saturated carbocycles. The van der Waals surface area contributed by atoms with Crippen molar-refractivity contribution in [3.05, 3.63) is 95.3 Å². The average molecular weight is 497 g/mol. The number of amides is 1. The van der Waals surface area contributed by atoms with E-state index < -0.39 is 22.0 Å². The normalized spacial score (nSPS) is 12.3. The van der Waals surface area contributed by atoms with Crippen molar-refractivity contribution in [2.24, 2.45) is 0 Å². The zero-order valence-corrected chi connectivity index (χ0v) is 19.4. The second-order valence-corrected chi connectivity index (χ2v) is 9.64. The Labute approximate surface area is 201 Å². The topological polar surface area (TPSA) is 121 Å². The minimum atomic E-state index is -4.02. The summed E-state index contributed by atoms with van der Waals surface area (Å²) in [5.74, 6) is -0.958. The van der Waals surface area contributed by atoms with Crippen LogP contribution in [0.25, 0.3) is 10.8 Å². The summed E-state index contributed by atoms with van der Waals surface area (Å²) in [6.45, 7) is -0.301. The minimum absolute atomic E-state index is 0.0268. The molecule has 4 rings (SSSR count). The van der Waals surface area contributed by atoms with E-state index in [1.54, 1.807) is 6.07 Å². The molecule has 0 fully saturated rings. The lowest BCUT2D eigenvalue weighted by atomic mass is 10.1. The van der Waals surface area contributed by atoms with Crippen LogP contribution in [0.5, 0.6) is 0 Å². The van der Waals surface area contributed by atoms with Gasteiger partial charge in [0.25, 0.3) is 15.9 Å². The van der Waals surface area contributed by atoms with Crippen LogP contribution in [0.1, 0.15) is 16.1 Å². The van der Waals surface area contributed by atoms with Gasteiger partial charge >= 0.3 is 0 Å². The van der Waals surface area contributed by atoms with Gasteiger partial charge in [-0.3, -0.25) is 4.79 Å². The summed E-state index contributed by atoms with van der Waals surface area (Å²) >= 11 is 6.11. The Morgan fingerprint density at radius 1 is 1.00 bits per heavy atom. The third-order valence-electron chi connectivity index (χ3n) is 5.10. The van der Waals surface area contributed by atoms with Crippen molar-refractivity contribution in [1.29, 1.82) is 0 Å². The Bertz CT molecular complexity index is 1430. The number of carbonyl (C=O) groups is 1. The van der Waals surface area contributed by atoms with E-state index in [1.165, 1.54) is 12.1 Å². The summed E-state index contributed by atoms with van der Waals surface area (Å²) in [5.41, 5.74) is 0.721. The number of aliphatic hydroxyl groups excluding tert-OH is 1. The van der Waals surface area contributed by atoms with E-state index in [1.807, 2.05) is 54.6 Å². The van der Waals surface area contributed by atoms with Gasteiger partial charge in [-0.15, -0.1) is 0 Å². The van der Waals surface area contributed by atoms with Crippen LogP contribution in [-0.2, 0) is 16.4 Å². The number of benzene rings is 3. The van der Waals surface area contributed by atoms with Crippen LogP contribution >= 0.6 is 11.6 Å². The summed E-state index contributed by atoms with van der Waals surface area (Å²) < 4.78 is 28.1. The highest BCUT2D eigenvalue weighted by Crippen LogP contribution is 2.21. The number of rotatable bonds is 8. The summed E-state index contributed by atoms with van der Waals surface area (Å²) in [5, 5.41) is 14.0. The number of nitrogens with zero attached hydrogens (tertiary/aromatic N) is 2. The van der Waals surface area contributed by atoms with Gasteiger partial charge in [-0.1, -0.05) is 72.3 Å². The van der Waals surface area contributed by atoms with Crippen LogP contribution in [0, 0.1) is 0 Å². The van der Waals surface area contributed by atoms with Crippen molar-refractivity contribution in [2.75, 3.05) is 11.3 Å². The molecule has 174 valence electrons. The van der Waals surface area contributed by atoms with Gasteiger partial charge in [-0.05, 0) is 34.9 Å². The number of aromatic nitrogens is 2. The number of carbonyl (C=O) groups excluding carboxylic acids is 1. The first kappa shape index (κ1) is 23.6. The fourth-order valence-electron chi connectivity index (χ4n) is 3.40. The van der Waals surface area contributed by atoms with Crippen molar-refractivity contribution in [3.63, 3.8) is 0 Å². The first-order valence-electron chi connectivity index (χ1n) is 10.4. The van der Waals surface area contributed by atoms with Crippen LogP contribution in [0.15, 0.2) is 83.9 Å². The lowest BCUT2D eigenvalue weighted by molar-refractivity contribution is 0.0911. The monoisotopic (exact) mass is 496 g/mol. The van der Waals surface area contributed by atoms with E-state index in [4.69, 9.17) is 11.6 Å². The van der Waals surface area contributed by atoms with Crippen molar-refractivity contribution >= 4 is 44.3 Å². The number of nitrogens with one attached hydrogen (secondary N) is 2. The van der Waals surface area contributed by atoms with Gasteiger partial charge in [0.15, 0.2) is 5.69 Å². The molecule has 1 atom stereocenters. The third kappa shape index (κ3) is 5.51. The van der Waals surface area contributed by atoms with Gasteiger partial charge in [0.1, 0.15) is 0 Å². The summed E-state index contributed by atoms with van der Waals surface area (Å²) in [6.07, 6.45) is 1.54. The average Bonchev–Trinajstić information content (AvgIpc) is 2.85. The van der Waals surface area contributed by atoms with Crippen LogP contribution in [0.4, 0.5) is 5.95 Å². The molecule has 3 N–H and O–H groups in total. The lowest BCUT2D eigenvalue weighted by Gasteiger charge is -2.17. The maximum atomic E-state index is 12.9. The molecule has 1 aromatic heterocycles. The smallest absolute Gasteiger partial charge is 0.271 e. The Morgan fingerprint density at radius 3 is 2.44 bits per heavy atom. The first-order valence-corrected chi connectivity index (χ1v) is 12.2. The van der Waals surface area contributed by atoms with Crippen LogP contribution in [0.3, 0.4) is 0 Å². The number of aliphatic hydroxyl groups is 1. The Hall–Kier alpha value is -3.53. The molecule has 0 bridgehead atoms. The molecule has 34 heavy (non-hydrogen) atoms. The predicted molar refractivity (Wildman–Crippen MR) is 130 cm³/mol. The van der Waals surface area contributed by atoms with E-state index >= 15 is 0 Å². The molecule has 0 radical (unpaired) electrons. The fraction of sp³-hybridized carbons (Fsp3) is 0.125. The zero-order chi connectivity index (χ0) is 24.1. The molecule has 0 aliphatic rings. The maximum absolute atomic E-state index is 12.9. The van der Waals surface area contributed by atoms with E-state index in [0.29, 0.717) is 6.42 Å². The second kappa shape index (κ2) is 10.2. The van der Waals surface area contributed by atoms with Crippen molar-refractivity contribution < 1.29 is 18.3 Å².